The molecule has 1 atom stereocenters. The Kier molecular flexibility index (Phi) is 4.58. The second-order valence-corrected chi connectivity index (χ2v) is 8.36. The molecule has 32 heavy (non-hydrogen) atoms. The van der Waals surface area contributed by atoms with Crippen LogP contribution in [0, 0.1) is 5.41 Å². The summed E-state index contributed by atoms with van der Waals surface area (Å²) >= 11 is 0. The molecule has 1 aliphatic carbocycles. The maximum atomic E-state index is 12.2. The van der Waals surface area contributed by atoms with E-state index in [-0.39, 0.29) is 6.42 Å². The van der Waals surface area contributed by atoms with Gasteiger partial charge in [0.1, 0.15) is 5.65 Å². The summed E-state index contributed by atoms with van der Waals surface area (Å²) in [6, 6.07) is 7.04. The highest BCUT2D eigenvalue weighted by atomic mass is 16.4. The molecule has 1 saturated carbocycles. The molecular formula is C22H23N7O3. The van der Waals surface area contributed by atoms with Gasteiger partial charge in [0.15, 0.2) is 0 Å². The van der Waals surface area contributed by atoms with Crippen molar-refractivity contribution in [3.63, 3.8) is 0 Å². The third-order valence-corrected chi connectivity index (χ3v) is 6.50. The molecule has 0 bridgehead atoms. The van der Waals surface area contributed by atoms with Crippen LogP contribution in [0.5, 0.6) is 0 Å². The second kappa shape index (κ2) is 7.33. The number of nitrogens with zero attached hydrogens (tertiary/aromatic N) is 5. The van der Waals surface area contributed by atoms with Crippen molar-refractivity contribution in [3.8, 4) is 0 Å². The molecule has 1 aliphatic rings. The normalized spacial score (nSPS) is 16.0. The molecule has 4 N–H and O–H groups in total. The average Bonchev–Trinajstić information content (AvgIpc) is 3.29. The Morgan fingerprint density at radius 3 is 2.75 bits per heavy atom. The zero-order valence-corrected chi connectivity index (χ0v) is 17.5. The highest BCUT2D eigenvalue weighted by Crippen LogP contribution is 2.51. The maximum Gasteiger partial charge on any atom is 0.311 e. The number of carboxylic acid groups (broad SMARTS) is 1. The number of anilines is 2. The summed E-state index contributed by atoms with van der Waals surface area (Å²) < 4.78 is 3.57. The lowest BCUT2D eigenvalue weighted by Gasteiger charge is -2.44. The van der Waals surface area contributed by atoms with Gasteiger partial charge >= 0.3 is 5.97 Å². The van der Waals surface area contributed by atoms with E-state index >= 15 is 0 Å². The quantitative estimate of drug-likeness (QED) is 0.407. The lowest BCUT2D eigenvalue weighted by molar-refractivity contribution is -0.159. The minimum atomic E-state index is -1.02. The Morgan fingerprint density at radius 2 is 2.06 bits per heavy atom. The number of hydrogen-bond acceptors (Lipinski definition) is 6. The number of nitrogens with two attached hydrogens (primary N) is 1. The van der Waals surface area contributed by atoms with Crippen LogP contribution in [0.3, 0.4) is 0 Å². The van der Waals surface area contributed by atoms with Crippen molar-refractivity contribution in [3.05, 3.63) is 42.9 Å². The topological polar surface area (TPSA) is 141 Å². The summed E-state index contributed by atoms with van der Waals surface area (Å²) in [5, 5.41) is 19.2. The second-order valence-electron chi connectivity index (χ2n) is 8.36. The molecule has 5 rings (SSSR count). The van der Waals surface area contributed by atoms with Crippen LogP contribution in [0.1, 0.15) is 31.7 Å². The summed E-state index contributed by atoms with van der Waals surface area (Å²) in [6.45, 7) is 0. The molecule has 1 aromatic carbocycles. The molecule has 0 saturated heterocycles. The number of aryl methyl sites for hydroxylation is 1. The van der Waals surface area contributed by atoms with E-state index in [2.05, 4.69) is 20.4 Å². The Labute approximate surface area is 183 Å². The molecular weight excluding hydrogens is 410 g/mol. The van der Waals surface area contributed by atoms with Crippen molar-refractivity contribution in [2.75, 3.05) is 5.32 Å². The number of benzene rings is 1. The van der Waals surface area contributed by atoms with E-state index in [9.17, 15) is 14.7 Å². The zero-order valence-electron chi connectivity index (χ0n) is 17.5. The van der Waals surface area contributed by atoms with Gasteiger partial charge in [-0.1, -0.05) is 6.42 Å². The van der Waals surface area contributed by atoms with E-state index in [4.69, 9.17) is 5.73 Å². The molecule has 1 unspecified atom stereocenters. The molecule has 0 aliphatic heterocycles. The lowest BCUT2D eigenvalue weighted by Crippen LogP contribution is -2.46. The van der Waals surface area contributed by atoms with E-state index in [1.807, 2.05) is 31.3 Å². The van der Waals surface area contributed by atoms with Crippen molar-refractivity contribution < 1.29 is 14.7 Å². The Morgan fingerprint density at radius 1 is 1.25 bits per heavy atom. The molecule has 3 aromatic heterocycles. The Hall–Kier alpha value is -3.95. The third kappa shape index (κ3) is 3.15. The smallest absolute Gasteiger partial charge is 0.311 e. The van der Waals surface area contributed by atoms with Crippen LogP contribution >= 0.6 is 0 Å². The number of hydrogen-bond donors (Lipinski definition) is 3. The van der Waals surface area contributed by atoms with E-state index in [1.165, 1.54) is 0 Å². The SMILES string of the molecule is Cn1ncc2cc(Nc3ncc4ccn(C(CC(N)=O)C5(C(=O)O)CCC5)c4n3)ccc21. The lowest BCUT2D eigenvalue weighted by atomic mass is 9.63. The van der Waals surface area contributed by atoms with Crippen molar-refractivity contribution in [2.45, 2.75) is 31.7 Å². The van der Waals surface area contributed by atoms with Gasteiger partial charge in [0.05, 0.1) is 23.2 Å². The number of primary amides is 1. The van der Waals surface area contributed by atoms with Crippen LogP contribution in [0.25, 0.3) is 21.9 Å². The molecule has 10 nitrogen and oxygen atoms in total. The summed E-state index contributed by atoms with van der Waals surface area (Å²) in [6.07, 6.45) is 6.97. The molecule has 0 radical (unpaired) electrons. The van der Waals surface area contributed by atoms with E-state index < -0.39 is 23.3 Å². The number of carbonyl (C=O) groups is 2. The van der Waals surface area contributed by atoms with Crippen molar-refractivity contribution in [1.29, 1.82) is 0 Å². The zero-order chi connectivity index (χ0) is 22.5. The molecule has 3 heterocycles. The highest BCUT2D eigenvalue weighted by Gasteiger charge is 2.52. The van der Waals surface area contributed by atoms with Crippen molar-refractivity contribution in [2.24, 2.45) is 18.2 Å². The first-order chi connectivity index (χ1) is 15.4. The van der Waals surface area contributed by atoms with Crippen molar-refractivity contribution >= 4 is 45.4 Å². The summed E-state index contributed by atoms with van der Waals surface area (Å²) in [4.78, 5) is 33.0. The van der Waals surface area contributed by atoms with Gasteiger partial charge in [-0.3, -0.25) is 14.3 Å². The van der Waals surface area contributed by atoms with Crippen LogP contribution in [-0.2, 0) is 16.6 Å². The fraction of sp³-hybridized carbons (Fsp3) is 0.318. The number of carbonyl (C=O) groups excluding carboxylic acids is 1. The van der Waals surface area contributed by atoms with Crippen LogP contribution in [0.15, 0.2) is 42.9 Å². The standard InChI is InChI=1S/C22H23N7O3/c1-28-16-4-3-15(9-14(16)12-25-28)26-21-24-11-13-5-8-29(19(13)27-21)17(10-18(23)30)22(20(31)32)6-2-7-22/h3-5,8-9,11-12,17H,2,6-7,10H2,1H3,(H2,23,30)(H,31,32)(H,24,26,27). The van der Waals surface area contributed by atoms with Gasteiger partial charge in [0, 0.05) is 42.3 Å². The van der Waals surface area contributed by atoms with E-state index in [0.717, 1.165) is 28.4 Å². The number of carboxylic acids is 1. The monoisotopic (exact) mass is 433 g/mol. The Bertz CT molecular complexity index is 1350. The first kappa shape index (κ1) is 20.0. The Balaban J connectivity index is 1.53. The van der Waals surface area contributed by atoms with Gasteiger partial charge in [-0.2, -0.15) is 10.1 Å². The van der Waals surface area contributed by atoms with Crippen LogP contribution in [0.2, 0.25) is 0 Å². The first-order valence-electron chi connectivity index (χ1n) is 10.4. The summed E-state index contributed by atoms with van der Waals surface area (Å²) in [7, 11) is 1.88. The molecule has 1 amide bonds. The van der Waals surface area contributed by atoms with Gasteiger partial charge in [0.25, 0.3) is 0 Å². The fourth-order valence-electron chi connectivity index (χ4n) is 4.62. The van der Waals surface area contributed by atoms with Crippen LogP contribution < -0.4 is 11.1 Å². The number of rotatable bonds is 7. The number of aromatic nitrogens is 5. The fourth-order valence-corrected chi connectivity index (χ4v) is 4.62. The minimum absolute atomic E-state index is 0.0689. The predicted octanol–water partition coefficient (Wildman–Crippen LogP) is 2.73. The van der Waals surface area contributed by atoms with Gasteiger partial charge in [-0.15, -0.1) is 0 Å². The van der Waals surface area contributed by atoms with Crippen molar-refractivity contribution in [1.82, 2.24) is 24.3 Å². The maximum absolute atomic E-state index is 12.2. The van der Waals surface area contributed by atoms with Crippen LogP contribution in [-0.4, -0.2) is 41.3 Å². The average molecular weight is 433 g/mol. The van der Waals surface area contributed by atoms with Crippen LogP contribution in [0.4, 0.5) is 11.6 Å². The van der Waals surface area contributed by atoms with Gasteiger partial charge < -0.3 is 20.7 Å². The molecule has 4 aromatic rings. The van der Waals surface area contributed by atoms with Gasteiger partial charge in [-0.25, -0.2) is 4.98 Å². The van der Waals surface area contributed by atoms with E-state index in [0.29, 0.717) is 24.4 Å². The molecule has 164 valence electrons. The molecule has 0 spiro atoms. The van der Waals surface area contributed by atoms with Gasteiger partial charge in [-0.05, 0) is 37.1 Å². The third-order valence-electron chi connectivity index (χ3n) is 6.50. The highest BCUT2D eigenvalue weighted by molar-refractivity contribution is 5.84. The molecule has 10 heteroatoms. The minimum Gasteiger partial charge on any atom is -0.481 e. The number of aliphatic carboxylic acids is 1. The predicted molar refractivity (Wildman–Crippen MR) is 118 cm³/mol. The summed E-state index contributed by atoms with van der Waals surface area (Å²) in [5.41, 5.74) is 6.85. The molecule has 1 fully saturated rings. The number of amides is 1. The number of nitrogens with one attached hydrogen (secondary N) is 1. The largest absolute Gasteiger partial charge is 0.481 e. The first-order valence-corrected chi connectivity index (χ1v) is 10.4. The van der Waals surface area contributed by atoms with E-state index in [1.54, 1.807) is 27.8 Å². The van der Waals surface area contributed by atoms with Gasteiger partial charge in [0.2, 0.25) is 11.9 Å². The summed E-state index contributed by atoms with van der Waals surface area (Å²) in [5.74, 6) is -1.08. The number of fused-ring (bicyclic) bond motifs is 2.